The zero-order chi connectivity index (χ0) is 20.8. The molecule has 1 atom stereocenters. The first kappa shape index (κ1) is 24.1. The average Bonchev–Trinajstić information content (AvgIpc) is 3.54. The molecule has 0 bridgehead atoms. The van der Waals surface area contributed by atoms with Crippen molar-refractivity contribution in [1.29, 1.82) is 0 Å². The van der Waals surface area contributed by atoms with Crippen LogP contribution in [-0.4, -0.2) is 54.0 Å². The van der Waals surface area contributed by atoms with Gasteiger partial charge in [0.2, 0.25) is 11.8 Å². The highest BCUT2D eigenvalue weighted by Crippen LogP contribution is 2.28. The second kappa shape index (κ2) is 11.9. The maximum absolute atomic E-state index is 12.7. The third-order valence-electron chi connectivity index (χ3n) is 6.65. The SMILES string of the molecule is CN=C(NCc1cccnc1OC1CCCC1)NC1CCN(C(=O)C2CCCC2)C1.I. The van der Waals surface area contributed by atoms with E-state index in [4.69, 9.17) is 4.74 Å². The fraction of sp³-hybridized carbons (Fsp3) is 0.696. The highest BCUT2D eigenvalue weighted by Gasteiger charge is 2.32. The van der Waals surface area contributed by atoms with E-state index >= 15 is 0 Å². The van der Waals surface area contributed by atoms with E-state index in [1.807, 2.05) is 11.0 Å². The zero-order valence-electron chi connectivity index (χ0n) is 18.5. The first-order valence-corrected chi connectivity index (χ1v) is 11.6. The number of aromatic nitrogens is 1. The van der Waals surface area contributed by atoms with Crippen molar-refractivity contribution in [2.24, 2.45) is 10.9 Å². The molecule has 0 spiro atoms. The molecule has 2 aliphatic carbocycles. The number of ether oxygens (including phenoxy) is 1. The van der Waals surface area contributed by atoms with Gasteiger partial charge in [-0.25, -0.2) is 4.98 Å². The number of carbonyl (C=O) groups is 1. The number of amides is 1. The van der Waals surface area contributed by atoms with Crippen LogP contribution in [0.1, 0.15) is 63.4 Å². The predicted octanol–water partition coefficient (Wildman–Crippen LogP) is 3.48. The normalized spacial score (nSPS) is 22.4. The molecule has 0 aromatic carbocycles. The Morgan fingerprint density at radius 2 is 1.94 bits per heavy atom. The molecule has 3 fully saturated rings. The lowest BCUT2D eigenvalue weighted by Crippen LogP contribution is -2.45. The minimum atomic E-state index is 0. The van der Waals surface area contributed by atoms with Gasteiger partial charge in [-0.15, -0.1) is 24.0 Å². The van der Waals surface area contributed by atoms with Crippen molar-refractivity contribution < 1.29 is 9.53 Å². The van der Waals surface area contributed by atoms with Gasteiger partial charge in [0.05, 0.1) is 0 Å². The van der Waals surface area contributed by atoms with Crippen LogP contribution in [0, 0.1) is 5.92 Å². The first-order chi connectivity index (χ1) is 14.7. The Hall–Kier alpha value is -1.58. The maximum Gasteiger partial charge on any atom is 0.225 e. The van der Waals surface area contributed by atoms with Gasteiger partial charge in [-0.3, -0.25) is 9.79 Å². The van der Waals surface area contributed by atoms with Gasteiger partial charge in [-0.2, -0.15) is 0 Å². The second-order valence-electron chi connectivity index (χ2n) is 8.81. The molecule has 2 N–H and O–H groups in total. The molecule has 1 aromatic rings. The molecule has 3 aliphatic rings. The minimum absolute atomic E-state index is 0. The van der Waals surface area contributed by atoms with Gasteiger partial charge in [0.1, 0.15) is 6.10 Å². The molecule has 31 heavy (non-hydrogen) atoms. The van der Waals surface area contributed by atoms with Crippen LogP contribution in [0.2, 0.25) is 0 Å². The first-order valence-electron chi connectivity index (χ1n) is 11.6. The van der Waals surface area contributed by atoms with Crippen LogP contribution in [0.3, 0.4) is 0 Å². The molecule has 2 saturated carbocycles. The molecule has 1 amide bonds. The number of nitrogens with one attached hydrogen (secondary N) is 2. The number of aliphatic imine (C=N–C) groups is 1. The topological polar surface area (TPSA) is 78.9 Å². The van der Waals surface area contributed by atoms with Crippen LogP contribution in [0.4, 0.5) is 0 Å². The summed E-state index contributed by atoms with van der Waals surface area (Å²) in [6.07, 6.45) is 12.3. The molecule has 1 unspecified atom stereocenters. The highest BCUT2D eigenvalue weighted by atomic mass is 127. The summed E-state index contributed by atoms with van der Waals surface area (Å²) in [5, 5.41) is 6.88. The smallest absolute Gasteiger partial charge is 0.225 e. The van der Waals surface area contributed by atoms with Crippen LogP contribution < -0.4 is 15.4 Å². The molecule has 1 aromatic heterocycles. The van der Waals surface area contributed by atoms with Crippen molar-refractivity contribution >= 4 is 35.8 Å². The van der Waals surface area contributed by atoms with Crippen molar-refractivity contribution in [2.75, 3.05) is 20.1 Å². The van der Waals surface area contributed by atoms with Crippen LogP contribution in [0.25, 0.3) is 0 Å². The summed E-state index contributed by atoms with van der Waals surface area (Å²) in [6.45, 7) is 2.21. The summed E-state index contributed by atoms with van der Waals surface area (Å²) < 4.78 is 6.14. The van der Waals surface area contributed by atoms with E-state index in [-0.39, 0.29) is 42.0 Å². The van der Waals surface area contributed by atoms with Crippen molar-refractivity contribution in [3.05, 3.63) is 23.9 Å². The molecule has 1 aliphatic heterocycles. The number of nitrogens with zero attached hydrogens (tertiary/aromatic N) is 3. The molecule has 7 nitrogen and oxygen atoms in total. The Morgan fingerprint density at radius 1 is 1.19 bits per heavy atom. The quantitative estimate of drug-likeness (QED) is 0.328. The van der Waals surface area contributed by atoms with Gasteiger partial charge in [0.25, 0.3) is 0 Å². The van der Waals surface area contributed by atoms with Crippen LogP contribution >= 0.6 is 24.0 Å². The Bertz CT molecular complexity index is 747. The number of likely N-dealkylation sites (tertiary alicyclic amines) is 1. The molecular weight excluding hydrogens is 505 g/mol. The van der Waals surface area contributed by atoms with Gasteiger partial charge in [-0.05, 0) is 51.0 Å². The summed E-state index contributed by atoms with van der Waals surface area (Å²) in [4.78, 5) is 23.5. The van der Waals surface area contributed by atoms with E-state index in [1.54, 1.807) is 13.2 Å². The van der Waals surface area contributed by atoms with Crippen molar-refractivity contribution in [3.8, 4) is 5.88 Å². The second-order valence-corrected chi connectivity index (χ2v) is 8.81. The fourth-order valence-corrected chi connectivity index (χ4v) is 4.90. The van der Waals surface area contributed by atoms with E-state index in [1.165, 1.54) is 25.7 Å². The summed E-state index contributed by atoms with van der Waals surface area (Å²) in [6, 6.07) is 4.23. The van der Waals surface area contributed by atoms with Crippen LogP contribution in [-0.2, 0) is 11.3 Å². The Kier molecular flexibility index (Phi) is 9.22. The Labute approximate surface area is 202 Å². The van der Waals surface area contributed by atoms with E-state index in [9.17, 15) is 4.79 Å². The lowest BCUT2D eigenvalue weighted by Gasteiger charge is -2.22. The summed E-state index contributed by atoms with van der Waals surface area (Å²) in [5.41, 5.74) is 1.04. The summed E-state index contributed by atoms with van der Waals surface area (Å²) in [7, 11) is 1.78. The zero-order valence-corrected chi connectivity index (χ0v) is 20.8. The highest BCUT2D eigenvalue weighted by molar-refractivity contribution is 14.0. The average molecular weight is 541 g/mol. The van der Waals surface area contributed by atoms with Gasteiger partial charge in [0.15, 0.2) is 5.96 Å². The number of hydrogen-bond acceptors (Lipinski definition) is 4. The Morgan fingerprint density at radius 3 is 2.68 bits per heavy atom. The van der Waals surface area contributed by atoms with Gasteiger partial charge >= 0.3 is 0 Å². The molecule has 2 heterocycles. The third-order valence-corrected chi connectivity index (χ3v) is 6.65. The summed E-state index contributed by atoms with van der Waals surface area (Å²) in [5.74, 6) is 2.08. The monoisotopic (exact) mass is 541 g/mol. The maximum atomic E-state index is 12.7. The van der Waals surface area contributed by atoms with Crippen LogP contribution in [0.5, 0.6) is 5.88 Å². The lowest BCUT2D eigenvalue weighted by molar-refractivity contribution is -0.134. The Balaban J connectivity index is 0.00000272. The van der Waals surface area contributed by atoms with Gasteiger partial charge in [0, 0.05) is 50.4 Å². The molecule has 4 rings (SSSR count). The summed E-state index contributed by atoms with van der Waals surface area (Å²) >= 11 is 0. The number of pyridine rings is 1. The van der Waals surface area contributed by atoms with E-state index in [0.717, 1.165) is 62.6 Å². The molecule has 8 heteroatoms. The van der Waals surface area contributed by atoms with E-state index in [2.05, 4.69) is 26.7 Å². The van der Waals surface area contributed by atoms with Crippen molar-refractivity contribution in [3.63, 3.8) is 0 Å². The lowest BCUT2D eigenvalue weighted by atomic mass is 10.1. The van der Waals surface area contributed by atoms with E-state index in [0.29, 0.717) is 12.5 Å². The fourth-order valence-electron chi connectivity index (χ4n) is 4.90. The molecule has 172 valence electrons. The van der Waals surface area contributed by atoms with Crippen molar-refractivity contribution in [1.82, 2.24) is 20.5 Å². The number of halogens is 1. The largest absolute Gasteiger partial charge is 0.474 e. The number of rotatable bonds is 6. The minimum Gasteiger partial charge on any atom is -0.474 e. The standard InChI is InChI=1S/C23H35N5O2.HI/c1-24-23(27-19-12-14-28(16-19)22(29)17-7-2-3-8-17)26-15-18-9-6-13-25-21(18)30-20-10-4-5-11-20;/h6,9,13,17,19-20H,2-5,7-8,10-12,14-16H2,1H3,(H2,24,26,27);1H. The molecular formula is C23H36IN5O2. The van der Waals surface area contributed by atoms with E-state index < -0.39 is 0 Å². The number of guanidine groups is 1. The van der Waals surface area contributed by atoms with Gasteiger partial charge in [-0.1, -0.05) is 18.9 Å². The van der Waals surface area contributed by atoms with Crippen LogP contribution in [0.15, 0.2) is 23.3 Å². The van der Waals surface area contributed by atoms with Gasteiger partial charge < -0.3 is 20.3 Å². The number of carbonyl (C=O) groups excluding carboxylic acids is 1. The van der Waals surface area contributed by atoms with Crippen molar-refractivity contribution in [2.45, 2.75) is 76.5 Å². The molecule has 1 saturated heterocycles. The third kappa shape index (κ3) is 6.46. The molecule has 0 radical (unpaired) electrons. The predicted molar refractivity (Wildman–Crippen MR) is 133 cm³/mol. The number of hydrogen-bond donors (Lipinski definition) is 2.